The molecule has 5 heteroatoms. The van der Waals surface area contributed by atoms with E-state index in [0.717, 1.165) is 16.7 Å². The van der Waals surface area contributed by atoms with Gasteiger partial charge in [0.25, 0.3) is 5.91 Å². The lowest BCUT2D eigenvalue weighted by Gasteiger charge is -2.37. The Hall–Kier alpha value is -2.82. The highest BCUT2D eigenvalue weighted by molar-refractivity contribution is 6.01. The van der Waals surface area contributed by atoms with Crippen molar-refractivity contribution in [2.75, 3.05) is 13.7 Å². The quantitative estimate of drug-likeness (QED) is 0.695. The first-order chi connectivity index (χ1) is 13.8. The number of benzene rings is 2. The maximum Gasteiger partial charge on any atom is 0.332 e. The minimum atomic E-state index is -1.06. The summed E-state index contributed by atoms with van der Waals surface area (Å²) in [6.07, 6.45) is 0.815. The van der Waals surface area contributed by atoms with Crippen LogP contribution < -0.4 is 4.74 Å². The number of amides is 1. The fourth-order valence-electron chi connectivity index (χ4n) is 3.97. The van der Waals surface area contributed by atoms with Gasteiger partial charge in [0.2, 0.25) is 0 Å². The number of aryl methyl sites for hydroxylation is 1. The highest BCUT2D eigenvalue weighted by Crippen LogP contribution is 2.37. The van der Waals surface area contributed by atoms with E-state index in [2.05, 4.69) is 0 Å². The van der Waals surface area contributed by atoms with Gasteiger partial charge in [-0.3, -0.25) is 4.79 Å². The number of esters is 1. The zero-order valence-electron chi connectivity index (χ0n) is 17.8. The summed E-state index contributed by atoms with van der Waals surface area (Å²) in [7, 11) is 1.69. The van der Waals surface area contributed by atoms with Crippen molar-refractivity contribution in [3.63, 3.8) is 0 Å². The molecule has 0 saturated carbocycles. The second-order valence-corrected chi connectivity index (χ2v) is 7.86. The molecule has 0 saturated heterocycles. The van der Waals surface area contributed by atoms with E-state index in [1.165, 1.54) is 0 Å². The molecule has 0 unspecified atom stereocenters. The monoisotopic (exact) mass is 395 g/mol. The van der Waals surface area contributed by atoms with E-state index in [-0.39, 0.29) is 24.6 Å². The maximum absolute atomic E-state index is 13.6. The molecule has 0 N–H and O–H groups in total. The molecule has 0 fully saturated rings. The van der Waals surface area contributed by atoms with E-state index in [1.54, 1.807) is 24.9 Å². The minimum Gasteiger partial charge on any atom is -0.490 e. The molecule has 5 nitrogen and oxygen atoms in total. The van der Waals surface area contributed by atoms with Crippen molar-refractivity contribution in [1.29, 1.82) is 0 Å². The van der Waals surface area contributed by atoms with Crippen LogP contribution in [0.2, 0.25) is 0 Å². The van der Waals surface area contributed by atoms with Crippen LogP contribution in [0.5, 0.6) is 5.75 Å². The minimum absolute atomic E-state index is 0.0669. The summed E-state index contributed by atoms with van der Waals surface area (Å²) >= 11 is 0. The second-order valence-electron chi connectivity index (χ2n) is 7.86. The zero-order chi connectivity index (χ0) is 21.2. The summed E-state index contributed by atoms with van der Waals surface area (Å²) in [6, 6.07) is 13.4. The van der Waals surface area contributed by atoms with Crippen molar-refractivity contribution >= 4 is 11.9 Å². The largest absolute Gasteiger partial charge is 0.490 e. The van der Waals surface area contributed by atoms with Gasteiger partial charge in [-0.05, 0) is 50.5 Å². The van der Waals surface area contributed by atoms with Crippen LogP contribution in [0.25, 0.3) is 0 Å². The third kappa shape index (κ3) is 3.86. The van der Waals surface area contributed by atoms with E-state index < -0.39 is 5.54 Å². The number of likely N-dealkylation sites (N-methyl/N-ethyl adjacent to an activating group) is 1. The van der Waals surface area contributed by atoms with Crippen molar-refractivity contribution in [2.45, 2.75) is 52.2 Å². The summed E-state index contributed by atoms with van der Waals surface area (Å²) in [4.78, 5) is 28.2. The summed E-state index contributed by atoms with van der Waals surface area (Å²) in [5.74, 6) is -0.0508. The first-order valence-electron chi connectivity index (χ1n) is 10.1. The smallest absolute Gasteiger partial charge is 0.332 e. The number of carbonyl (C=O) groups excluding carboxylic acids is 2. The average Bonchev–Trinajstić information content (AvgIpc) is 3.09. The molecule has 154 valence electrons. The number of hydrogen-bond acceptors (Lipinski definition) is 4. The van der Waals surface area contributed by atoms with E-state index in [4.69, 9.17) is 9.47 Å². The van der Waals surface area contributed by atoms with E-state index >= 15 is 0 Å². The first-order valence-corrected chi connectivity index (χ1v) is 10.1. The van der Waals surface area contributed by atoms with Crippen LogP contribution in [-0.4, -0.2) is 42.1 Å². The Morgan fingerprint density at radius 3 is 2.24 bits per heavy atom. The Labute approximate surface area is 172 Å². The lowest BCUT2D eigenvalue weighted by Crippen LogP contribution is -2.57. The first kappa shape index (κ1) is 20.9. The maximum atomic E-state index is 13.6. The number of hydrogen-bond donors (Lipinski definition) is 0. The van der Waals surface area contributed by atoms with E-state index in [9.17, 15) is 9.59 Å². The number of ether oxygens (including phenoxy) is 2. The van der Waals surface area contributed by atoms with Crippen LogP contribution in [0.4, 0.5) is 0 Å². The van der Waals surface area contributed by atoms with Gasteiger partial charge in [0, 0.05) is 19.9 Å². The van der Waals surface area contributed by atoms with Crippen molar-refractivity contribution in [3.8, 4) is 5.75 Å². The van der Waals surface area contributed by atoms with Crippen LogP contribution in [0.1, 0.15) is 47.8 Å². The molecule has 1 aliphatic carbocycles. The summed E-state index contributed by atoms with van der Waals surface area (Å²) in [5.41, 5.74) is 2.43. The van der Waals surface area contributed by atoms with Gasteiger partial charge in [0.05, 0.1) is 18.3 Å². The molecular formula is C24H29NO4. The molecule has 0 spiro atoms. The Balaban J connectivity index is 2.02. The van der Waals surface area contributed by atoms with Gasteiger partial charge >= 0.3 is 5.97 Å². The van der Waals surface area contributed by atoms with Crippen LogP contribution in [0, 0.1) is 6.92 Å². The molecule has 0 atom stereocenters. The standard InChI is InChI=1S/C24H29NO4/c1-6-28-23(27)24(14-18-11-7-8-12-19(18)15-24)25(5)22(26)20-13-9-10-17(4)21(20)29-16(2)3/h7-13,16H,6,14-15H2,1-5H3. The Morgan fingerprint density at radius 2 is 1.69 bits per heavy atom. The van der Waals surface area contributed by atoms with Gasteiger partial charge in [-0.1, -0.05) is 36.4 Å². The fraction of sp³-hybridized carbons (Fsp3) is 0.417. The predicted molar refractivity (Wildman–Crippen MR) is 112 cm³/mol. The second kappa shape index (κ2) is 8.27. The predicted octanol–water partition coefficient (Wildman–Crippen LogP) is 3.95. The Kier molecular flexibility index (Phi) is 5.96. The topological polar surface area (TPSA) is 55.8 Å². The van der Waals surface area contributed by atoms with E-state index in [0.29, 0.717) is 24.2 Å². The fourth-order valence-corrected chi connectivity index (χ4v) is 3.97. The van der Waals surface area contributed by atoms with Gasteiger partial charge < -0.3 is 14.4 Å². The average molecular weight is 395 g/mol. The molecule has 2 aromatic rings. The number of fused-ring (bicyclic) bond motifs is 1. The van der Waals surface area contributed by atoms with Crippen LogP contribution in [0.15, 0.2) is 42.5 Å². The molecule has 0 radical (unpaired) electrons. The molecule has 29 heavy (non-hydrogen) atoms. The number of nitrogens with zero attached hydrogens (tertiary/aromatic N) is 1. The number of para-hydroxylation sites is 1. The van der Waals surface area contributed by atoms with Gasteiger partial charge in [0.15, 0.2) is 0 Å². The molecule has 3 rings (SSSR count). The van der Waals surface area contributed by atoms with Crippen molar-refractivity contribution < 1.29 is 19.1 Å². The molecule has 1 aliphatic rings. The molecule has 0 heterocycles. The Morgan fingerprint density at radius 1 is 1.07 bits per heavy atom. The lowest BCUT2D eigenvalue weighted by molar-refractivity contribution is -0.155. The third-order valence-electron chi connectivity index (χ3n) is 5.48. The van der Waals surface area contributed by atoms with Gasteiger partial charge in [-0.15, -0.1) is 0 Å². The van der Waals surface area contributed by atoms with Crippen LogP contribution in [0.3, 0.4) is 0 Å². The van der Waals surface area contributed by atoms with Crippen molar-refractivity contribution in [2.24, 2.45) is 0 Å². The van der Waals surface area contributed by atoms with Crippen LogP contribution in [-0.2, 0) is 22.4 Å². The van der Waals surface area contributed by atoms with Crippen LogP contribution >= 0.6 is 0 Å². The van der Waals surface area contributed by atoms with Gasteiger partial charge in [0.1, 0.15) is 11.3 Å². The SMILES string of the molecule is CCOC(=O)C1(N(C)C(=O)c2cccc(C)c2OC(C)C)Cc2ccccc2C1. The van der Waals surface area contributed by atoms with Gasteiger partial charge in [-0.2, -0.15) is 0 Å². The molecule has 1 amide bonds. The number of carbonyl (C=O) groups is 2. The summed E-state index contributed by atoms with van der Waals surface area (Å²) in [6.45, 7) is 7.83. The zero-order valence-corrected chi connectivity index (χ0v) is 17.8. The van der Waals surface area contributed by atoms with Crippen molar-refractivity contribution in [1.82, 2.24) is 4.90 Å². The lowest BCUT2D eigenvalue weighted by atomic mass is 9.92. The van der Waals surface area contributed by atoms with E-state index in [1.807, 2.05) is 57.2 Å². The molecule has 0 aromatic heterocycles. The third-order valence-corrected chi connectivity index (χ3v) is 5.48. The molecule has 0 bridgehead atoms. The summed E-state index contributed by atoms with van der Waals surface area (Å²) < 4.78 is 11.4. The normalized spacial score (nSPS) is 14.4. The Bertz CT molecular complexity index is 894. The van der Waals surface area contributed by atoms with Gasteiger partial charge in [-0.25, -0.2) is 4.79 Å². The highest BCUT2D eigenvalue weighted by Gasteiger charge is 2.50. The molecule has 2 aromatic carbocycles. The highest BCUT2D eigenvalue weighted by atomic mass is 16.5. The summed E-state index contributed by atoms with van der Waals surface area (Å²) in [5, 5.41) is 0. The number of rotatable bonds is 6. The molecule has 0 aliphatic heterocycles. The van der Waals surface area contributed by atoms with Crippen molar-refractivity contribution in [3.05, 3.63) is 64.7 Å². The molecular weight excluding hydrogens is 366 g/mol.